The summed E-state index contributed by atoms with van der Waals surface area (Å²) in [4.78, 5) is 26.4. The van der Waals surface area contributed by atoms with Crippen molar-refractivity contribution in [3.05, 3.63) is 29.8 Å². The van der Waals surface area contributed by atoms with E-state index in [4.69, 9.17) is 0 Å². The molecule has 1 atom stereocenters. The van der Waals surface area contributed by atoms with Crippen molar-refractivity contribution in [2.45, 2.75) is 64.0 Å². The Bertz CT molecular complexity index is 595. The first-order valence-electron chi connectivity index (χ1n) is 9.56. The average Bonchev–Trinajstić information content (AvgIpc) is 3.41. The van der Waals surface area contributed by atoms with Gasteiger partial charge in [-0.05, 0) is 56.3 Å². The first-order valence-corrected chi connectivity index (χ1v) is 9.56. The normalized spacial score (nSPS) is 20.9. The monoisotopic (exact) mass is 343 g/mol. The highest BCUT2D eigenvalue weighted by atomic mass is 16.2. The van der Waals surface area contributed by atoms with Crippen LogP contribution < -0.4 is 10.6 Å². The van der Waals surface area contributed by atoms with Gasteiger partial charge in [0.15, 0.2) is 0 Å². The predicted octanol–water partition coefficient (Wildman–Crippen LogP) is 2.71. The van der Waals surface area contributed by atoms with E-state index in [9.17, 15) is 9.59 Å². The van der Waals surface area contributed by atoms with Gasteiger partial charge < -0.3 is 10.6 Å². The lowest BCUT2D eigenvalue weighted by Gasteiger charge is -2.34. The van der Waals surface area contributed by atoms with Gasteiger partial charge in [0.1, 0.15) is 0 Å². The Labute approximate surface area is 150 Å². The Morgan fingerprint density at radius 3 is 2.52 bits per heavy atom. The number of nitrogens with one attached hydrogen (secondary N) is 2. The molecule has 5 heteroatoms. The van der Waals surface area contributed by atoms with Crippen LogP contribution in [0.3, 0.4) is 0 Å². The van der Waals surface area contributed by atoms with Crippen molar-refractivity contribution >= 4 is 17.5 Å². The van der Waals surface area contributed by atoms with Crippen LogP contribution in [-0.4, -0.2) is 41.9 Å². The number of anilines is 1. The summed E-state index contributed by atoms with van der Waals surface area (Å²) in [6, 6.07) is 8.52. The molecule has 1 aliphatic heterocycles. The minimum atomic E-state index is 0.0413. The smallest absolute Gasteiger partial charge is 0.238 e. The Hall–Kier alpha value is -1.88. The topological polar surface area (TPSA) is 61.4 Å². The molecule has 1 aromatic rings. The summed E-state index contributed by atoms with van der Waals surface area (Å²) in [5, 5.41) is 5.97. The van der Waals surface area contributed by atoms with Crippen molar-refractivity contribution in [1.29, 1.82) is 0 Å². The van der Waals surface area contributed by atoms with Crippen molar-refractivity contribution in [3.63, 3.8) is 0 Å². The minimum absolute atomic E-state index is 0.0413. The fourth-order valence-corrected chi connectivity index (χ4v) is 3.51. The Kier molecular flexibility index (Phi) is 6.08. The fourth-order valence-electron chi connectivity index (χ4n) is 3.51. The molecule has 1 heterocycles. The summed E-state index contributed by atoms with van der Waals surface area (Å²) >= 11 is 0. The molecule has 136 valence electrons. The standard InChI is InChI=1S/C20H29N3O2/c1-2-18-5-3-4-12-23(18)14-20(25)22-16-8-6-15(7-9-16)13-19(24)21-17-10-11-17/h6-9,17-18H,2-5,10-14H2,1H3,(H,21,24)(H,22,25). The summed E-state index contributed by atoms with van der Waals surface area (Å²) in [6.07, 6.45) is 7.36. The molecule has 3 rings (SSSR count). The molecule has 5 nitrogen and oxygen atoms in total. The zero-order valence-corrected chi connectivity index (χ0v) is 15.1. The number of hydrogen-bond donors (Lipinski definition) is 2. The van der Waals surface area contributed by atoms with Crippen molar-refractivity contribution in [2.75, 3.05) is 18.4 Å². The number of hydrogen-bond acceptors (Lipinski definition) is 3. The van der Waals surface area contributed by atoms with E-state index in [-0.39, 0.29) is 11.8 Å². The zero-order valence-electron chi connectivity index (χ0n) is 15.1. The number of rotatable bonds is 7. The van der Waals surface area contributed by atoms with E-state index >= 15 is 0 Å². The molecular formula is C20H29N3O2. The molecule has 0 spiro atoms. The number of likely N-dealkylation sites (tertiary alicyclic amines) is 1. The lowest BCUT2D eigenvalue weighted by molar-refractivity contribution is -0.120. The largest absolute Gasteiger partial charge is 0.353 e. The van der Waals surface area contributed by atoms with E-state index in [2.05, 4.69) is 22.5 Å². The van der Waals surface area contributed by atoms with E-state index < -0.39 is 0 Å². The van der Waals surface area contributed by atoms with Crippen molar-refractivity contribution in [2.24, 2.45) is 0 Å². The molecule has 2 N–H and O–H groups in total. The second-order valence-corrected chi connectivity index (χ2v) is 7.29. The summed E-state index contributed by atoms with van der Waals surface area (Å²) in [5.74, 6) is 0.120. The highest BCUT2D eigenvalue weighted by molar-refractivity contribution is 5.92. The van der Waals surface area contributed by atoms with Crippen LogP contribution in [-0.2, 0) is 16.0 Å². The van der Waals surface area contributed by atoms with Crippen LogP contribution in [0.5, 0.6) is 0 Å². The molecule has 1 unspecified atom stereocenters. The van der Waals surface area contributed by atoms with E-state index in [1.165, 1.54) is 19.3 Å². The second-order valence-electron chi connectivity index (χ2n) is 7.29. The van der Waals surface area contributed by atoms with Gasteiger partial charge in [-0.2, -0.15) is 0 Å². The molecule has 2 amide bonds. The molecule has 0 radical (unpaired) electrons. The van der Waals surface area contributed by atoms with Gasteiger partial charge in [0.05, 0.1) is 13.0 Å². The summed E-state index contributed by atoms with van der Waals surface area (Å²) in [7, 11) is 0. The quantitative estimate of drug-likeness (QED) is 0.800. The van der Waals surface area contributed by atoms with Gasteiger partial charge in [-0.15, -0.1) is 0 Å². The van der Waals surface area contributed by atoms with Gasteiger partial charge in [0, 0.05) is 17.8 Å². The summed E-state index contributed by atoms with van der Waals surface area (Å²) in [6.45, 7) is 3.67. The third-order valence-corrected chi connectivity index (χ3v) is 5.11. The van der Waals surface area contributed by atoms with Gasteiger partial charge in [-0.25, -0.2) is 0 Å². The van der Waals surface area contributed by atoms with Gasteiger partial charge in [-0.1, -0.05) is 25.5 Å². The van der Waals surface area contributed by atoms with Crippen LogP contribution in [0.2, 0.25) is 0 Å². The van der Waals surface area contributed by atoms with Gasteiger partial charge >= 0.3 is 0 Å². The molecule has 2 fully saturated rings. The number of nitrogens with zero attached hydrogens (tertiary/aromatic N) is 1. The number of carbonyl (C=O) groups is 2. The molecule has 2 aliphatic rings. The van der Waals surface area contributed by atoms with Gasteiger partial charge in [-0.3, -0.25) is 14.5 Å². The van der Waals surface area contributed by atoms with Crippen LogP contribution in [0, 0.1) is 0 Å². The minimum Gasteiger partial charge on any atom is -0.353 e. The molecule has 1 aromatic carbocycles. The van der Waals surface area contributed by atoms with Crippen LogP contribution in [0.25, 0.3) is 0 Å². The van der Waals surface area contributed by atoms with Crippen LogP contribution in [0.4, 0.5) is 5.69 Å². The third kappa shape index (κ3) is 5.56. The fraction of sp³-hybridized carbons (Fsp3) is 0.600. The predicted molar refractivity (Wildman–Crippen MR) is 99.4 cm³/mol. The number of piperidine rings is 1. The number of carbonyl (C=O) groups excluding carboxylic acids is 2. The van der Waals surface area contributed by atoms with E-state index in [0.717, 1.165) is 37.1 Å². The summed E-state index contributed by atoms with van der Waals surface area (Å²) < 4.78 is 0. The van der Waals surface area contributed by atoms with Crippen molar-refractivity contribution in [1.82, 2.24) is 10.2 Å². The van der Waals surface area contributed by atoms with Crippen LogP contribution >= 0.6 is 0 Å². The number of benzene rings is 1. The van der Waals surface area contributed by atoms with E-state index in [0.29, 0.717) is 25.0 Å². The first kappa shape index (κ1) is 17.9. The molecule has 1 saturated heterocycles. The molecule has 0 aromatic heterocycles. The zero-order chi connectivity index (χ0) is 17.6. The number of amides is 2. The molecule has 1 aliphatic carbocycles. The lowest BCUT2D eigenvalue weighted by Crippen LogP contribution is -2.43. The lowest BCUT2D eigenvalue weighted by atomic mass is 10.00. The third-order valence-electron chi connectivity index (χ3n) is 5.11. The van der Waals surface area contributed by atoms with Crippen molar-refractivity contribution in [3.8, 4) is 0 Å². The van der Waals surface area contributed by atoms with E-state index in [1.54, 1.807) is 0 Å². The molecular weight excluding hydrogens is 314 g/mol. The van der Waals surface area contributed by atoms with Crippen LogP contribution in [0.15, 0.2) is 24.3 Å². The maximum Gasteiger partial charge on any atom is 0.238 e. The molecule has 0 bridgehead atoms. The Morgan fingerprint density at radius 2 is 1.84 bits per heavy atom. The Morgan fingerprint density at radius 1 is 1.08 bits per heavy atom. The van der Waals surface area contributed by atoms with Gasteiger partial charge in [0.25, 0.3) is 0 Å². The summed E-state index contributed by atoms with van der Waals surface area (Å²) in [5.41, 5.74) is 1.76. The highest BCUT2D eigenvalue weighted by Crippen LogP contribution is 2.20. The SMILES string of the molecule is CCC1CCCCN1CC(=O)Nc1ccc(CC(=O)NC2CC2)cc1. The Balaban J connectivity index is 1.46. The maximum atomic E-state index is 12.3. The van der Waals surface area contributed by atoms with Crippen molar-refractivity contribution < 1.29 is 9.59 Å². The molecule has 25 heavy (non-hydrogen) atoms. The van der Waals surface area contributed by atoms with Crippen LogP contribution in [0.1, 0.15) is 51.0 Å². The first-order chi connectivity index (χ1) is 12.1. The van der Waals surface area contributed by atoms with Gasteiger partial charge in [0.2, 0.25) is 11.8 Å². The molecule has 1 saturated carbocycles. The average molecular weight is 343 g/mol. The highest BCUT2D eigenvalue weighted by Gasteiger charge is 2.23. The van der Waals surface area contributed by atoms with E-state index in [1.807, 2.05) is 24.3 Å². The second kappa shape index (κ2) is 8.48. The maximum absolute atomic E-state index is 12.3.